The van der Waals surface area contributed by atoms with E-state index in [-0.39, 0.29) is 0 Å². The van der Waals surface area contributed by atoms with Crippen LogP contribution in [0.4, 0.5) is 0 Å². The maximum atomic E-state index is 9.24. The summed E-state index contributed by atoms with van der Waals surface area (Å²) in [6.45, 7) is 5.87. The number of aliphatic hydroxyl groups is 1. The van der Waals surface area contributed by atoms with E-state index in [2.05, 4.69) is 40.1 Å². The standard InChI is InChI=1S/C18H28N2O/c21-12-11-20(18-8-9-18)15-17-7-4-10-19(14-17)13-16-5-2-1-3-6-16/h1-3,5-6,17-18,21H,4,7-15H2. The first-order chi connectivity index (χ1) is 10.3. The number of aliphatic hydroxyl groups excluding tert-OH is 1. The summed E-state index contributed by atoms with van der Waals surface area (Å²) in [7, 11) is 0. The lowest BCUT2D eigenvalue weighted by Gasteiger charge is -2.35. The third kappa shape index (κ3) is 4.53. The fourth-order valence-corrected chi connectivity index (χ4v) is 3.61. The van der Waals surface area contributed by atoms with Crippen molar-refractivity contribution in [2.24, 2.45) is 5.92 Å². The van der Waals surface area contributed by atoms with Crippen molar-refractivity contribution in [2.45, 2.75) is 38.3 Å². The molecule has 116 valence electrons. The molecule has 1 saturated heterocycles. The molecule has 1 saturated carbocycles. The zero-order valence-electron chi connectivity index (χ0n) is 13.0. The van der Waals surface area contributed by atoms with Gasteiger partial charge < -0.3 is 5.11 Å². The van der Waals surface area contributed by atoms with E-state index in [9.17, 15) is 5.11 Å². The van der Waals surface area contributed by atoms with E-state index in [0.29, 0.717) is 6.61 Å². The number of likely N-dealkylation sites (tertiary alicyclic amines) is 1. The minimum Gasteiger partial charge on any atom is -0.395 e. The number of nitrogens with zero attached hydrogens (tertiary/aromatic N) is 2. The average Bonchev–Trinajstić information content (AvgIpc) is 3.33. The first-order valence-corrected chi connectivity index (χ1v) is 8.46. The fraction of sp³-hybridized carbons (Fsp3) is 0.667. The first-order valence-electron chi connectivity index (χ1n) is 8.46. The van der Waals surface area contributed by atoms with Crippen molar-refractivity contribution in [1.82, 2.24) is 9.80 Å². The lowest BCUT2D eigenvalue weighted by Crippen LogP contribution is -2.42. The van der Waals surface area contributed by atoms with E-state index >= 15 is 0 Å². The molecule has 1 aromatic rings. The number of hydrogen-bond acceptors (Lipinski definition) is 3. The van der Waals surface area contributed by atoms with Gasteiger partial charge in [-0.3, -0.25) is 9.80 Å². The van der Waals surface area contributed by atoms with Gasteiger partial charge in [-0.15, -0.1) is 0 Å². The quantitative estimate of drug-likeness (QED) is 0.834. The first kappa shape index (κ1) is 15.0. The third-order valence-corrected chi connectivity index (χ3v) is 4.80. The van der Waals surface area contributed by atoms with Gasteiger partial charge in [-0.1, -0.05) is 30.3 Å². The molecule has 0 bridgehead atoms. The van der Waals surface area contributed by atoms with Gasteiger partial charge in [0.2, 0.25) is 0 Å². The predicted molar refractivity (Wildman–Crippen MR) is 86.1 cm³/mol. The highest BCUT2D eigenvalue weighted by atomic mass is 16.3. The Labute approximate surface area is 128 Å². The molecular formula is C18H28N2O. The van der Waals surface area contributed by atoms with Gasteiger partial charge in [-0.05, 0) is 43.7 Å². The highest BCUT2D eigenvalue weighted by Crippen LogP contribution is 2.29. The van der Waals surface area contributed by atoms with E-state index in [1.807, 2.05) is 0 Å². The summed E-state index contributed by atoms with van der Waals surface area (Å²) in [5.74, 6) is 0.773. The summed E-state index contributed by atoms with van der Waals surface area (Å²) in [5.41, 5.74) is 1.42. The van der Waals surface area contributed by atoms with Crippen LogP contribution in [0.1, 0.15) is 31.2 Å². The summed E-state index contributed by atoms with van der Waals surface area (Å²) in [4.78, 5) is 5.13. The van der Waals surface area contributed by atoms with Crippen molar-refractivity contribution >= 4 is 0 Å². The van der Waals surface area contributed by atoms with Crippen molar-refractivity contribution in [3.8, 4) is 0 Å². The second kappa shape index (κ2) is 7.39. The van der Waals surface area contributed by atoms with E-state index in [4.69, 9.17) is 0 Å². The number of rotatable bonds is 7. The van der Waals surface area contributed by atoms with Crippen LogP contribution in [-0.2, 0) is 6.54 Å². The topological polar surface area (TPSA) is 26.7 Å². The molecule has 0 amide bonds. The summed E-state index contributed by atoms with van der Waals surface area (Å²) in [6.07, 6.45) is 5.33. The van der Waals surface area contributed by atoms with Crippen molar-refractivity contribution in [2.75, 3.05) is 32.8 Å². The van der Waals surface area contributed by atoms with Crippen LogP contribution in [0.3, 0.4) is 0 Å². The molecule has 0 spiro atoms. The summed E-state index contributed by atoms with van der Waals surface area (Å²) >= 11 is 0. The highest BCUT2D eigenvalue weighted by Gasteiger charge is 2.31. The molecule has 1 aromatic carbocycles. The smallest absolute Gasteiger partial charge is 0.0558 e. The number of hydrogen-bond donors (Lipinski definition) is 1. The van der Waals surface area contributed by atoms with Gasteiger partial charge in [0.25, 0.3) is 0 Å². The minimum atomic E-state index is 0.303. The molecule has 1 heterocycles. The van der Waals surface area contributed by atoms with Crippen LogP contribution in [0.25, 0.3) is 0 Å². The Morgan fingerprint density at radius 2 is 1.95 bits per heavy atom. The van der Waals surface area contributed by atoms with Crippen molar-refractivity contribution in [1.29, 1.82) is 0 Å². The lowest BCUT2D eigenvalue weighted by atomic mass is 9.96. The Morgan fingerprint density at radius 1 is 1.14 bits per heavy atom. The molecule has 1 aliphatic carbocycles. The maximum absolute atomic E-state index is 9.24. The minimum absolute atomic E-state index is 0.303. The molecule has 1 atom stereocenters. The fourth-order valence-electron chi connectivity index (χ4n) is 3.61. The molecular weight excluding hydrogens is 260 g/mol. The van der Waals surface area contributed by atoms with Gasteiger partial charge >= 0.3 is 0 Å². The Balaban J connectivity index is 1.50. The van der Waals surface area contributed by atoms with Crippen LogP contribution in [0.5, 0.6) is 0 Å². The molecule has 2 aliphatic rings. The van der Waals surface area contributed by atoms with Gasteiger partial charge in [-0.2, -0.15) is 0 Å². The zero-order chi connectivity index (χ0) is 14.5. The Morgan fingerprint density at radius 3 is 2.67 bits per heavy atom. The van der Waals surface area contributed by atoms with E-state index in [1.165, 1.54) is 50.9 Å². The summed E-state index contributed by atoms with van der Waals surface area (Å²) in [5, 5.41) is 9.24. The Hall–Kier alpha value is -0.900. The van der Waals surface area contributed by atoms with Crippen LogP contribution in [0.2, 0.25) is 0 Å². The Kier molecular flexibility index (Phi) is 5.28. The molecule has 1 aliphatic heterocycles. The summed E-state index contributed by atoms with van der Waals surface area (Å²) in [6, 6.07) is 11.6. The van der Waals surface area contributed by atoms with Gasteiger partial charge in [0.05, 0.1) is 6.61 Å². The van der Waals surface area contributed by atoms with Crippen LogP contribution in [-0.4, -0.2) is 53.7 Å². The summed E-state index contributed by atoms with van der Waals surface area (Å²) < 4.78 is 0. The molecule has 3 nitrogen and oxygen atoms in total. The predicted octanol–water partition coefficient (Wildman–Crippen LogP) is 2.36. The number of benzene rings is 1. The van der Waals surface area contributed by atoms with Crippen LogP contribution < -0.4 is 0 Å². The van der Waals surface area contributed by atoms with Gasteiger partial charge in [0, 0.05) is 32.2 Å². The Bertz CT molecular complexity index is 418. The normalized spacial score (nSPS) is 23.6. The molecule has 1 N–H and O–H groups in total. The van der Waals surface area contributed by atoms with Crippen LogP contribution >= 0.6 is 0 Å². The monoisotopic (exact) mass is 288 g/mol. The lowest BCUT2D eigenvalue weighted by molar-refractivity contribution is 0.111. The molecule has 0 aromatic heterocycles. The van der Waals surface area contributed by atoms with Gasteiger partial charge in [0.15, 0.2) is 0 Å². The third-order valence-electron chi connectivity index (χ3n) is 4.80. The van der Waals surface area contributed by atoms with Crippen LogP contribution in [0, 0.1) is 5.92 Å². The zero-order valence-corrected chi connectivity index (χ0v) is 13.0. The van der Waals surface area contributed by atoms with Gasteiger partial charge in [0.1, 0.15) is 0 Å². The molecule has 21 heavy (non-hydrogen) atoms. The molecule has 0 radical (unpaired) electrons. The molecule has 1 unspecified atom stereocenters. The van der Waals surface area contributed by atoms with Crippen molar-refractivity contribution in [3.05, 3.63) is 35.9 Å². The second-order valence-electron chi connectivity index (χ2n) is 6.68. The average molecular weight is 288 g/mol. The van der Waals surface area contributed by atoms with E-state index < -0.39 is 0 Å². The maximum Gasteiger partial charge on any atom is 0.0558 e. The second-order valence-corrected chi connectivity index (χ2v) is 6.68. The van der Waals surface area contributed by atoms with E-state index in [0.717, 1.165) is 25.0 Å². The largest absolute Gasteiger partial charge is 0.395 e. The molecule has 2 fully saturated rings. The van der Waals surface area contributed by atoms with E-state index in [1.54, 1.807) is 0 Å². The number of piperidine rings is 1. The van der Waals surface area contributed by atoms with Crippen LogP contribution in [0.15, 0.2) is 30.3 Å². The van der Waals surface area contributed by atoms with Gasteiger partial charge in [-0.25, -0.2) is 0 Å². The SMILES string of the molecule is OCCN(CC1CCCN(Cc2ccccc2)C1)C1CC1. The molecule has 3 rings (SSSR count). The highest BCUT2D eigenvalue weighted by molar-refractivity contribution is 5.14. The van der Waals surface area contributed by atoms with Crippen molar-refractivity contribution < 1.29 is 5.11 Å². The molecule has 3 heteroatoms. The van der Waals surface area contributed by atoms with Crippen molar-refractivity contribution in [3.63, 3.8) is 0 Å².